The second-order valence-electron chi connectivity index (χ2n) is 6.38. The monoisotopic (exact) mass is 349 g/mol. The Labute approximate surface area is 153 Å². The fourth-order valence-corrected chi connectivity index (χ4v) is 2.83. The topological polar surface area (TPSA) is 72.7 Å². The van der Waals surface area contributed by atoms with Crippen LogP contribution in [0, 0.1) is 6.92 Å². The molecule has 0 saturated heterocycles. The quantitative estimate of drug-likeness (QED) is 0.738. The number of nitrogens with zero attached hydrogens (tertiary/aromatic N) is 4. The number of carbonyl (C=O) groups excluding carboxylic acids is 1. The molecule has 1 heterocycles. The van der Waals surface area contributed by atoms with Gasteiger partial charge in [-0.1, -0.05) is 43.7 Å². The molecule has 0 aliphatic heterocycles. The van der Waals surface area contributed by atoms with E-state index < -0.39 is 0 Å². The van der Waals surface area contributed by atoms with Crippen LogP contribution in [0.3, 0.4) is 0 Å². The van der Waals surface area contributed by atoms with E-state index in [1.807, 2.05) is 18.2 Å². The molecule has 1 aromatic heterocycles. The Morgan fingerprint density at radius 2 is 1.81 bits per heavy atom. The molecule has 0 atom stereocenters. The molecule has 3 aromatic rings. The fraction of sp³-hybridized carbons (Fsp3) is 0.300. The normalized spacial score (nSPS) is 10.9. The van der Waals surface area contributed by atoms with E-state index in [2.05, 4.69) is 65.9 Å². The van der Waals surface area contributed by atoms with E-state index in [0.717, 1.165) is 29.7 Å². The molecule has 6 nitrogen and oxygen atoms in total. The van der Waals surface area contributed by atoms with Crippen molar-refractivity contribution in [3.05, 3.63) is 59.9 Å². The van der Waals surface area contributed by atoms with Crippen molar-refractivity contribution in [2.45, 2.75) is 39.7 Å². The van der Waals surface area contributed by atoms with Gasteiger partial charge in [0.1, 0.15) is 6.33 Å². The SMILES string of the molecule is CCC(CC)NC(=O)c1cc(-c2ccc(C)cc2)cc(-n2cnnn2)c1. The van der Waals surface area contributed by atoms with E-state index in [4.69, 9.17) is 0 Å². The molecule has 26 heavy (non-hydrogen) atoms. The minimum atomic E-state index is -0.0815. The molecule has 0 fully saturated rings. The minimum Gasteiger partial charge on any atom is -0.349 e. The average Bonchev–Trinajstić information content (AvgIpc) is 3.21. The number of hydrogen-bond donors (Lipinski definition) is 1. The zero-order valence-electron chi connectivity index (χ0n) is 15.3. The van der Waals surface area contributed by atoms with Crippen molar-refractivity contribution < 1.29 is 4.79 Å². The Hall–Kier alpha value is -3.02. The van der Waals surface area contributed by atoms with Crippen LogP contribution in [-0.2, 0) is 0 Å². The molecule has 0 aliphatic rings. The van der Waals surface area contributed by atoms with Crippen molar-refractivity contribution in [2.24, 2.45) is 0 Å². The second kappa shape index (κ2) is 7.91. The van der Waals surface area contributed by atoms with Gasteiger partial charge in [0.2, 0.25) is 0 Å². The fourth-order valence-electron chi connectivity index (χ4n) is 2.83. The van der Waals surface area contributed by atoms with E-state index in [-0.39, 0.29) is 11.9 Å². The third kappa shape index (κ3) is 3.96. The maximum absolute atomic E-state index is 12.8. The van der Waals surface area contributed by atoms with E-state index >= 15 is 0 Å². The largest absolute Gasteiger partial charge is 0.349 e. The average molecular weight is 349 g/mol. The van der Waals surface area contributed by atoms with Crippen LogP contribution in [0.4, 0.5) is 0 Å². The Bertz CT molecular complexity index is 868. The predicted octanol–water partition coefficient (Wildman–Crippen LogP) is 3.56. The molecule has 6 heteroatoms. The summed E-state index contributed by atoms with van der Waals surface area (Å²) in [5.74, 6) is -0.0815. The summed E-state index contributed by atoms with van der Waals surface area (Å²) in [7, 11) is 0. The van der Waals surface area contributed by atoms with E-state index in [0.29, 0.717) is 5.56 Å². The molecule has 3 rings (SSSR count). The van der Waals surface area contributed by atoms with Crippen molar-refractivity contribution in [2.75, 3.05) is 0 Å². The van der Waals surface area contributed by atoms with Crippen LogP contribution in [0.2, 0.25) is 0 Å². The van der Waals surface area contributed by atoms with Gasteiger partial charge in [-0.25, -0.2) is 4.68 Å². The third-order valence-electron chi connectivity index (χ3n) is 4.50. The zero-order chi connectivity index (χ0) is 18.5. The lowest BCUT2D eigenvalue weighted by Gasteiger charge is -2.16. The van der Waals surface area contributed by atoms with Crippen LogP contribution >= 0.6 is 0 Å². The Morgan fingerprint density at radius 3 is 2.42 bits per heavy atom. The van der Waals surface area contributed by atoms with Crippen LogP contribution in [0.15, 0.2) is 48.8 Å². The second-order valence-corrected chi connectivity index (χ2v) is 6.38. The minimum absolute atomic E-state index is 0.0815. The van der Waals surface area contributed by atoms with E-state index in [1.54, 1.807) is 4.68 Å². The lowest BCUT2D eigenvalue weighted by molar-refractivity contribution is 0.0935. The number of carbonyl (C=O) groups is 1. The lowest BCUT2D eigenvalue weighted by atomic mass is 10.0. The molecule has 0 saturated carbocycles. The molecule has 2 aromatic carbocycles. The number of nitrogens with one attached hydrogen (secondary N) is 1. The summed E-state index contributed by atoms with van der Waals surface area (Å²) in [4.78, 5) is 12.8. The summed E-state index contributed by atoms with van der Waals surface area (Å²) >= 11 is 0. The van der Waals surface area contributed by atoms with E-state index in [1.165, 1.54) is 11.9 Å². The van der Waals surface area contributed by atoms with Crippen LogP contribution in [0.25, 0.3) is 16.8 Å². The predicted molar refractivity (Wildman–Crippen MR) is 101 cm³/mol. The first-order valence-electron chi connectivity index (χ1n) is 8.87. The lowest BCUT2D eigenvalue weighted by Crippen LogP contribution is -2.33. The highest BCUT2D eigenvalue weighted by Crippen LogP contribution is 2.24. The van der Waals surface area contributed by atoms with E-state index in [9.17, 15) is 4.79 Å². The molecule has 0 bridgehead atoms. The van der Waals surface area contributed by atoms with Gasteiger partial charge in [0.05, 0.1) is 5.69 Å². The highest BCUT2D eigenvalue weighted by Gasteiger charge is 2.14. The Kier molecular flexibility index (Phi) is 5.41. The molecule has 0 spiro atoms. The molecule has 0 radical (unpaired) electrons. The number of rotatable bonds is 6. The van der Waals surface area contributed by atoms with Crippen molar-refractivity contribution in [1.82, 2.24) is 25.5 Å². The summed E-state index contributed by atoms with van der Waals surface area (Å²) in [5.41, 5.74) is 4.54. The zero-order valence-corrected chi connectivity index (χ0v) is 15.3. The highest BCUT2D eigenvalue weighted by atomic mass is 16.1. The van der Waals surface area contributed by atoms with Gasteiger partial charge in [0.25, 0.3) is 5.91 Å². The first kappa shape index (κ1) is 17.8. The van der Waals surface area contributed by atoms with Gasteiger partial charge in [0, 0.05) is 11.6 Å². The smallest absolute Gasteiger partial charge is 0.251 e. The Balaban J connectivity index is 2.03. The summed E-state index contributed by atoms with van der Waals surface area (Å²) in [6.45, 7) is 6.20. The molecule has 0 unspecified atom stereocenters. The number of aromatic nitrogens is 4. The summed E-state index contributed by atoms with van der Waals surface area (Å²) < 4.78 is 1.56. The van der Waals surface area contributed by atoms with Crippen molar-refractivity contribution in [1.29, 1.82) is 0 Å². The number of benzene rings is 2. The Morgan fingerprint density at radius 1 is 1.08 bits per heavy atom. The third-order valence-corrected chi connectivity index (χ3v) is 4.50. The number of amides is 1. The molecule has 134 valence electrons. The standard InChI is InChI=1S/C20H23N5O/c1-4-18(5-2)22-20(26)17-10-16(15-8-6-14(3)7-9-15)11-19(12-17)25-13-21-23-24-25/h6-13,18H,4-5H2,1-3H3,(H,22,26). The van der Waals surface area contributed by atoms with Crippen molar-refractivity contribution in [3.8, 4) is 16.8 Å². The summed E-state index contributed by atoms with van der Waals surface area (Å²) in [6, 6.07) is 14.1. The molecular formula is C20H23N5O. The van der Waals surface area contributed by atoms with Crippen LogP contribution in [0.5, 0.6) is 0 Å². The highest BCUT2D eigenvalue weighted by molar-refractivity contribution is 5.96. The van der Waals surface area contributed by atoms with Crippen LogP contribution in [0.1, 0.15) is 42.6 Å². The van der Waals surface area contributed by atoms with Gasteiger partial charge < -0.3 is 5.32 Å². The molecule has 1 N–H and O–H groups in total. The van der Waals surface area contributed by atoms with Gasteiger partial charge in [0.15, 0.2) is 0 Å². The van der Waals surface area contributed by atoms with Crippen LogP contribution in [-0.4, -0.2) is 32.2 Å². The maximum atomic E-state index is 12.8. The number of tetrazole rings is 1. The molecular weight excluding hydrogens is 326 g/mol. The first-order chi connectivity index (χ1) is 12.6. The molecule has 1 amide bonds. The molecule has 0 aliphatic carbocycles. The van der Waals surface area contributed by atoms with Gasteiger partial charge >= 0.3 is 0 Å². The van der Waals surface area contributed by atoms with Crippen molar-refractivity contribution >= 4 is 5.91 Å². The maximum Gasteiger partial charge on any atom is 0.251 e. The van der Waals surface area contributed by atoms with Crippen molar-refractivity contribution in [3.63, 3.8) is 0 Å². The van der Waals surface area contributed by atoms with Gasteiger partial charge in [-0.2, -0.15) is 0 Å². The number of aryl methyl sites for hydroxylation is 1. The summed E-state index contributed by atoms with van der Waals surface area (Å²) in [5, 5.41) is 14.4. The number of hydrogen-bond acceptors (Lipinski definition) is 4. The first-order valence-corrected chi connectivity index (χ1v) is 8.87. The van der Waals surface area contributed by atoms with Gasteiger partial charge in [-0.05, 0) is 59.5 Å². The van der Waals surface area contributed by atoms with Gasteiger partial charge in [-0.3, -0.25) is 4.79 Å². The van der Waals surface area contributed by atoms with Crippen LogP contribution < -0.4 is 5.32 Å². The summed E-state index contributed by atoms with van der Waals surface area (Å²) in [6.07, 6.45) is 3.33. The van der Waals surface area contributed by atoms with Gasteiger partial charge in [-0.15, -0.1) is 5.10 Å².